The predicted octanol–water partition coefficient (Wildman–Crippen LogP) is 5.04. The summed E-state index contributed by atoms with van der Waals surface area (Å²) in [4.78, 5) is 19.3. The number of aliphatic carboxylic acids is 1. The van der Waals surface area contributed by atoms with Crippen molar-refractivity contribution in [3.05, 3.63) is 70.2 Å². The van der Waals surface area contributed by atoms with E-state index in [0.717, 1.165) is 28.1 Å². The van der Waals surface area contributed by atoms with Crippen LogP contribution in [0.3, 0.4) is 0 Å². The lowest BCUT2D eigenvalue weighted by molar-refractivity contribution is -0.150. The number of rotatable bonds is 6. The Morgan fingerprint density at radius 1 is 1.25 bits per heavy atom. The lowest BCUT2D eigenvalue weighted by Gasteiger charge is -2.47. The van der Waals surface area contributed by atoms with Gasteiger partial charge in [-0.1, -0.05) is 43.3 Å². The van der Waals surface area contributed by atoms with Crippen molar-refractivity contribution in [1.82, 2.24) is 24.9 Å². The molecule has 1 aliphatic carbocycles. The summed E-state index contributed by atoms with van der Waals surface area (Å²) in [5, 5.41) is 29.1. The van der Waals surface area contributed by atoms with Gasteiger partial charge in [-0.05, 0) is 56.5 Å². The number of hydrogen-bond acceptors (Lipinski definition) is 7. The van der Waals surface area contributed by atoms with Crippen molar-refractivity contribution in [1.29, 1.82) is 0 Å². The van der Waals surface area contributed by atoms with Crippen LogP contribution in [0.15, 0.2) is 36.4 Å². The molecule has 2 aromatic heterocycles. The third-order valence-electron chi connectivity index (χ3n) is 8.97. The Hall–Kier alpha value is -3.72. The Balaban J connectivity index is 1.54. The number of fused-ring (bicyclic) bond motifs is 2. The van der Waals surface area contributed by atoms with Crippen molar-refractivity contribution in [2.45, 2.75) is 72.6 Å². The molecule has 2 N–H and O–H groups in total. The maximum Gasteiger partial charge on any atom is 0.309 e. The molecule has 9 heteroatoms. The topological polar surface area (TPSA) is 114 Å². The first-order chi connectivity index (χ1) is 18.8. The first kappa shape index (κ1) is 27.8. The molecular weight excluding hydrogens is 506 g/mol. The summed E-state index contributed by atoms with van der Waals surface area (Å²) < 4.78 is 7.84. The molecule has 4 atom stereocenters. The Kier molecular flexibility index (Phi) is 6.98. The van der Waals surface area contributed by atoms with E-state index in [1.807, 2.05) is 33.9 Å². The summed E-state index contributed by atoms with van der Waals surface area (Å²) >= 11 is 0. The molecule has 0 bridgehead atoms. The number of allylic oxidation sites excluding steroid dienone is 1. The van der Waals surface area contributed by atoms with Crippen molar-refractivity contribution in [3.63, 3.8) is 0 Å². The van der Waals surface area contributed by atoms with Crippen molar-refractivity contribution >= 4 is 12.0 Å². The number of aromatic nitrogens is 4. The maximum absolute atomic E-state index is 12.8. The number of nitrogens with zero attached hydrogens (tertiary/aromatic N) is 5. The zero-order valence-electron chi connectivity index (χ0n) is 24.3. The number of aromatic hydroxyl groups is 1. The van der Waals surface area contributed by atoms with E-state index in [1.54, 1.807) is 16.8 Å². The highest BCUT2D eigenvalue weighted by Gasteiger charge is 2.52. The van der Waals surface area contributed by atoms with E-state index >= 15 is 0 Å². The van der Waals surface area contributed by atoms with Gasteiger partial charge in [0.05, 0.1) is 16.8 Å². The number of aryl methyl sites for hydroxylation is 2. The lowest BCUT2D eigenvalue weighted by atomic mass is 9.55. The number of pyridine rings is 1. The molecule has 0 saturated heterocycles. The maximum atomic E-state index is 12.8. The summed E-state index contributed by atoms with van der Waals surface area (Å²) in [6.07, 6.45) is 4.14. The second kappa shape index (κ2) is 10.0. The number of carbonyl (C=O) groups is 1. The fourth-order valence-electron chi connectivity index (χ4n) is 6.60. The summed E-state index contributed by atoms with van der Waals surface area (Å²) in [6.45, 7) is 13.9. The van der Waals surface area contributed by atoms with Gasteiger partial charge in [-0.3, -0.25) is 9.69 Å². The smallest absolute Gasteiger partial charge is 0.309 e. The molecule has 40 heavy (non-hydrogen) atoms. The zero-order valence-corrected chi connectivity index (χ0v) is 24.3. The van der Waals surface area contributed by atoms with Crippen molar-refractivity contribution in [2.24, 2.45) is 17.9 Å². The van der Waals surface area contributed by atoms with E-state index in [2.05, 4.69) is 65.2 Å². The Bertz CT molecular complexity index is 1480. The van der Waals surface area contributed by atoms with Crippen molar-refractivity contribution < 1.29 is 19.7 Å². The highest BCUT2D eigenvalue weighted by Crippen LogP contribution is 2.57. The molecule has 0 saturated carbocycles. The molecule has 0 fully saturated rings. The van der Waals surface area contributed by atoms with Gasteiger partial charge in [0.15, 0.2) is 0 Å². The van der Waals surface area contributed by atoms with Crippen LogP contribution in [0.25, 0.3) is 6.08 Å². The van der Waals surface area contributed by atoms with Gasteiger partial charge in [0.1, 0.15) is 17.5 Å². The molecular formula is C31H39N5O4. The molecule has 3 aromatic rings. The normalized spacial score (nSPS) is 23.6. The third kappa shape index (κ3) is 4.76. The third-order valence-corrected chi connectivity index (χ3v) is 8.97. The Morgan fingerprint density at radius 3 is 2.73 bits per heavy atom. The van der Waals surface area contributed by atoms with E-state index in [0.29, 0.717) is 31.1 Å². The second-order valence-corrected chi connectivity index (χ2v) is 12.3. The Labute approximate surface area is 235 Å². The summed E-state index contributed by atoms with van der Waals surface area (Å²) in [7, 11) is 1.88. The minimum atomic E-state index is -1.06. The van der Waals surface area contributed by atoms with Gasteiger partial charge in [-0.25, -0.2) is 9.67 Å². The first-order valence-corrected chi connectivity index (χ1v) is 13.8. The van der Waals surface area contributed by atoms with Gasteiger partial charge in [0.2, 0.25) is 5.88 Å². The average Bonchev–Trinajstić information content (AvgIpc) is 3.17. The molecule has 2 unspecified atom stereocenters. The molecule has 1 aromatic carbocycles. The fraction of sp³-hybridized carbons (Fsp3) is 0.484. The van der Waals surface area contributed by atoms with Crippen LogP contribution in [-0.2, 0) is 24.9 Å². The van der Waals surface area contributed by atoms with E-state index in [9.17, 15) is 15.0 Å². The predicted molar refractivity (Wildman–Crippen MR) is 152 cm³/mol. The van der Waals surface area contributed by atoms with Gasteiger partial charge in [0.25, 0.3) is 0 Å². The average molecular weight is 546 g/mol. The van der Waals surface area contributed by atoms with Crippen LogP contribution >= 0.6 is 0 Å². The van der Waals surface area contributed by atoms with E-state index in [4.69, 9.17) is 4.74 Å². The van der Waals surface area contributed by atoms with E-state index in [1.165, 1.54) is 0 Å². The number of ether oxygens (including phenoxy) is 1. The quantitative estimate of drug-likeness (QED) is 0.443. The van der Waals surface area contributed by atoms with Gasteiger partial charge in [0, 0.05) is 50.0 Å². The minimum Gasteiger partial charge on any atom is -0.493 e. The van der Waals surface area contributed by atoms with Crippen LogP contribution < -0.4 is 4.74 Å². The van der Waals surface area contributed by atoms with Gasteiger partial charge < -0.3 is 14.9 Å². The monoisotopic (exact) mass is 545 g/mol. The fourth-order valence-corrected chi connectivity index (χ4v) is 6.60. The van der Waals surface area contributed by atoms with Crippen LogP contribution in [-0.4, -0.2) is 53.7 Å². The Morgan fingerprint density at radius 2 is 2.00 bits per heavy atom. The first-order valence-electron chi connectivity index (χ1n) is 13.8. The molecule has 212 valence electrons. The van der Waals surface area contributed by atoms with Crippen molar-refractivity contribution in [3.8, 4) is 11.6 Å². The highest BCUT2D eigenvalue weighted by molar-refractivity contribution is 5.76. The lowest BCUT2D eigenvalue weighted by Crippen LogP contribution is -2.43. The van der Waals surface area contributed by atoms with Gasteiger partial charge in [-0.2, -0.15) is 0 Å². The van der Waals surface area contributed by atoms with Crippen LogP contribution in [0, 0.1) is 17.8 Å². The number of carboxylic acid groups (broad SMARTS) is 1. The van der Waals surface area contributed by atoms with Gasteiger partial charge in [-0.15, -0.1) is 5.10 Å². The molecule has 1 aliphatic heterocycles. The molecule has 3 heterocycles. The summed E-state index contributed by atoms with van der Waals surface area (Å²) in [5.74, 6) is -0.566. The number of benzene rings is 1. The minimum absolute atomic E-state index is 0.0251. The van der Waals surface area contributed by atoms with Crippen LogP contribution in [0.4, 0.5) is 0 Å². The standard InChI is InChI=1S/C31H39N5O4/c1-18-8-9-21(14-22(18)16-36-15-19(2)40-25-10-11-26(37)32-23(25)17-36)28(30(4,5)29(38)39)31(6)13-12-24-27(20(31)3)33-34-35(24)7/h8-14,19-20,28H,15-17H2,1-7H3,(H,32,37)(H,38,39)/t19-,20?,28-,31?/m1/s1. The van der Waals surface area contributed by atoms with Crippen molar-refractivity contribution in [2.75, 3.05) is 6.54 Å². The van der Waals surface area contributed by atoms with E-state index in [-0.39, 0.29) is 23.8 Å². The van der Waals surface area contributed by atoms with E-state index < -0.39 is 16.8 Å². The van der Waals surface area contributed by atoms with Crippen LogP contribution in [0.2, 0.25) is 0 Å². The van der Waals surface area contributed by atoms with Gasteiger partial charge >= 0.3 is 5.97 Å². The van der Waals surface area contributed by atoms with Crippen LogP contribution in [0.1, 0.15) is 80.2 Å². The molecule has 9 nitrogen and oxygen atoms in total. The second-order valence-electron chi connectivity index (χ2n) is 12.3. The molecule has 0 amide bonds. The summed E-state index contributed by atoms with van der Waals surface area (Å²) in [5.41, 5.74) is 4.19. The SMILES string of the molecule is Cc1ccc([C@H](C(C)(C)C(=O)O)C2(C)C=Cc3c(nnn3C)C2C)cc1CN1Cc2nc(O)ccc2O[C@H](C)C1. The number of hydrogen-bond donors (Lipinski definition) is 2. The highest BCUT2D eigenvalue weighted by atomic mass is 16.5. The molecule has 0 radical (unpaired) electrons. The zero-order chi connectivity index (χ0) is 29.0. The summed E-state index contributed by atoms with van der Waals surface area (Å²) in [6, 6.07) is 9.67. The molecule has 2 aliphatic rings. The molecule has 0 spiro atoms. The largest absolute Gasteiger partial charge is 0.493 e. The molecule has 5 rings (SSSR count). The van der Waals surface area contributed by atoms with Crippen LogP contribution in [0.5, 0.6) is 11.6 Å². The number of carboxylic acids is 1.